The summed E-state index contributed by atoms with van der Waals surface area (Å²) in [6.45, 7) is 2.59. The lowest BCUT2D eigenvalue weighted by molar-refractivity contribution is -0.119. The summed E-state index contributed by atoms with van der Waals surface area (Å²) in [6.07, 6.45) is 1.71. The van der Waals surface area contributed by atoms with Gasteiger partial charge in [-0.25, -0.2) is 4.98 Å². The minimum absolute atomic E-state index is 0.133. The molecule has 0 atom stereocenters. The summed E-state index contributed by atoms with van der Waals surface area (Å²) in [5, 5.41) is 3.43. The van der Waals surface area contributed by atoms with Crippen LogP contribution in [-0.4, -0.2) is 28.3 Å². The van der Waals surface area contributed by atoms with Crippen LogP contribution < -0.4 is 15.8 Å². The van der Waals surface area contributed by atoms with Crippen LogP contribution in [0.4, 0.5) is 11.4 Å². The largest absolute Gasteiger partial charge is 0.326 e. The van der Waals surface area contributed by atoms with Crippen molar-refractivity contribution in [2.75, 3.05) is 16.8 Å². The van der Waals surface area contributed by atoms with E-state index in [1.807, 2.05) is 31.2 Å². The number of amides is 2. The Bertz CT molecular complexity index is 1150. The molecule has 2 heterocycles. The number of benzene rings is 2. The van der Waals surface area contributed by atoms with Crippen molar-refractivity contribution >= 4 is 34.1 Å². The molecule has 4 rings (SSSR count). The fraction of sp³-hybridized carbons (Fsp3) is 0.273. The monoisotopic (exact) mass is 390 g/mol. The zero-order chi connectivity index (χ0) is 20.4. The maximum Gasteiger partial charge on any atom is 0.258 e. The Morgan fingerprint density at radius 1 is 1.17 bits per heavy atom. The lowest BCUT2D eigenvalue weighted by Gasteiger charge is -2.28. The molecule has 0 saturated heterocycles. The third-order valence-electron chi connectivity index (χ3n) is 5.13. The molecule has 7 nitrogen and oxygen atoms in total. The van der Waals surface area contributed by atoms with Crippen molar-refractivity contribution in [3.8, 4) is 0 Å². The third-order valence-corrected chi connectivity index (χ3v) is 5.13. The summed E-state index contributed by atoms with van der Waals surface area (Å²) < 4.78 is 0. The molecular formula is C22H22N4O3. The van der Waals surface area contributed by atoms with Gasteiger partial charge in [0, 0.05) is 37.2 Å². The first kappa shape index (κ1) is 18.9. The van der Waals surface area contributed by atoms with E-state index in [9.17, 15) is 14.4 Å². The second kappa shape index (κ2) is 7.87. The van der Waals surface area contributed by atoms with Crippen LogP contribution in [0.5, 0.6) is 0 Å². The van der Waals surface area contributed by atoms with Gasteiger partial charge in [-0.15, -0.1) is 0 Å². The Hall–Kier alpha value is -3.48. The molecule has 1 aliphatic rings. The Morgan fingerprint density at radius 2 is 2.00 bits per heavy atom. The van der Waals surface area contributed by atoms with Gasteiger partial charge in [0.25, 0.3) is 5.56 Å². The van der Waals surface area contributed by atoms with Gasteiger partial charge < -0.3 is 15.2 Å². The van der Waals surface area contributed by atoms with Crippen LogP contribution in [0.25, 0.3) is 10.9 Å². The molecule has 0 radical (unpaired) electrons. The van der Waals surface area contributed by atoms with Gasteiger partial charge in [-0.2, -0.15) is 0 Å². The Balaban J connectivity index is 1.43. The average Bonchev–Trinajstić information content (AvgIpc) is 2.72. The minimum atomic E-state index is -0.198. The number of nitrogens with one attached hydrogen (secondary N) is 2. The number of carbonyl (C=O) groups is 2. The Morgan fingerprint density at radius 3 is 2.83 bits per heavy atom. The lowest BCUT2D eigenvalue weighted by atomic mass is 10.0. The standard InChI is InChI=1S/C22H22N4O3/c1-2-26-18-9-8-15(13-14(18)7-12-21(26)28)23-20(27)11-10-19-24-17-6-4-3-5-16(17)22(29)25-19/h3-6,8-9,13H,2,7,10-12H2,1H3,(H,23,27)(H,24,25,29). The van der Waals surface area contributed by atoms with Crippen molar-refractivity contribution in [1.29, 1.82) is 0 Å². The van der Waals surface area contributed by atoms with E-state index in [-0.39, 0.29) is 23.8 Å². The molecule has 3 aromatic rings. The highest BCUT2D eigenvalue weighted by atomic mass is 16.2. The predicted molar refractivity (Wildman–Crippen MR) is 112 cm³/mol. The zero-order valence-electron chi connectivity index (χ0n) is 16.2. The van der Waals surface area contributed by atoms with Gasteiger partial charge in [-0.3, -0.25) is 14.4 Å². The topological polar surface area (TPSA) is 95.2 Å². The first-order valence-electron chi connectivity index (χ1n) is 9.76. The van der Waals surface area contributed by atoms with Gasteiger partial charge in [0.15, 0.2) is 0 Å². The highest BCUT2D eigenvalue weighted by Crippen LogP contribution is 2.30. The number of fused-ring (bicyclic) bond motifs is 2. The molecule has 1 aromatic heterocycles. The van der Waals surface area contributed by atoms with E-state index in [2.05, 4.69) is 15.3 Å². The van der Waals surface area contributed by atoms with Crippen LogP contribution in [0.2, 0.25) is 0 Å². The van der Waals surface area contributed by atoms with Gasteiger partial charge in [-0.05, 0) is 49.2 Å². The summed E-state index contributed by atoms with van der Waals surface area (Å²) in [6, 6.07) is 12.8. The van der Waals surface area contributed by atoms with Crippen molar-refractivity contribution in [3.63, 3.8) is 0 Å². The van der Waals surface area contributed by atoms with E-state index in [0.29, 0.717) is 48.2 Å². The molecule has 0 aliphatic carbocycles. The third kappa shape index (κ3) is 3.89. The molecule has 2 N–H and O–H groups in total. The highest BCUT2D eigenvalue weighted by Gasteiger charge is 2.23. The molecule has 1 aliphatic heterocycles. The number of aryl methyl sites for hydroxylation is 2. The van der Waals surface area contributed by atoms with Crippen molar-refractivity contribution in [2.24, 2.45) is 0 Å². The van der Waals surface area contributed by atoms with Crippen LogP contribution >= 0.6 is 0 Å². The predicted octanol–water partition coefficient (Wildman–Crippen LogP) is 2.79. The quantitative estimate of drug-likeness (QED) is 0.700. The molecule has 2 aromatic carbocycles. The van der Waals surface area contributed by atoms with Gasteiger partial charge in [0.2, 0.25) is 11.8 Å². The van der Waals surface area contributed by atoms with E-state index < -0.39 is 0 Å². The first-order chi connectivity index (χ1) is 14.0. The van der Waals surface area contributed by atoms with Gasteiger partial charge >= 0.3 is 0 Å². The van der Waals surface area contributed by atoms with E-state index in [1.54, 1.807) is 23.1 Å². The summed E-state index contributed by atoms with van der Waals surface area (Å²) in [5.41, 5.74) is 3.11. The number of hydrogen-bond donors (Lipinski definition) is 2. The van der Waals surface area contributed by atoms with Gasteiger partial charge in [0.1, 0.15) is 5.82 Å². The summed E-state index contributed by atoms with van der Waals surface area (Å²) in [4.78, 5) is 45.4. The number of rotatable bonds is 5. The van der Waals surface area contributed by atoms with Crippen LogP contribution in [-0.2, 0) is 22.4 Å². The van der Waals surface area contributed by atoms with Crippen molar-refractivity contribution in [2.45, 2.75) is 32.6 Å². The van der Waals surface area contributed by atoms with Gasteiger partial charge in [0.05, 0.1) is 10.9 Å². The summed E-state index contributed by atoms with van der Waals surface area (Å²) in [7, 11) is 0. The van der Waals surface area contributed by atoms with E-state index in [0.717, 1.165) is 11.3 Å². The fourth-order valence-corrected chi connectivity index (χ4v) is 3.69. The smallest absolute Gasteiger partial charge is 0.258 e. The zero-order valence-corrected chi connectivity index (χ0v) is 16.2. The SMILES string of the molecule is CCN1C(=O)CCc2cc(NC(=O)CCc3nc4ccccc4c(=O)[nH]3)ccc21. The second-order valence-corrected chi connectivity index (χ2v) is 7.06. The number of carbonyl (C=O) groups excluding carboxylic acids is 2. The number of aromatic amines is 1. The van der Waals surface area contributed by atoms with Crippen molar-refractivity contribution in [3.05, 3.63) is 64.2 Å². The van der Waals surface area contributed by atoms with Gasteiger partial charge in [-0.1, -0.05) is 12.1 Å². The summed E-state index contributed by atoms with van der Waals surface area (Å²) >= 11 is 0. The molecule has 0 saturated carbocycles. The number of para-hydroxylation sites is 1. The molecule has 148 valence electrons. The molecule has 0 fully saturated rings. The Kier molecular flexibility index (Phi) is 5.12. The molecule has 7 heteroatoms. The molecular weight excluding hydrogens is 368 g/mol. The average molecular weight is 390 g/mol. The van der Waals surface area contributed by atoms with E-state index in [4.69, 9.17) is 0 Å². The number of H-pyrrole nitrogens is 1. The number of hydrogen-bond acceptors (Lipinski definition) is 4. The van der Waals surface area contributed by atoms with Crippen molar-refractivity contribution in [1.82, 2.24) is 9.97 Å². The maximum absolute atomic E-state index is 12.4. The normalized spacial score (nSPS) is 13.4. The van der Waals surface area contributed by atoms with E-state index in [1.165, 1.54) is 0 Å². The minimum Gasteiger partial charge on any atom is -0.326 e. The van der Waals surface area contributed by atoms with Crippen LogP contribution in [0, 0.1) is 0 Å². The molecule has 2 amide bonds. The number of anilines is 2. The molecule has 29 heavy (non-hydrogen) atoms. The first-order valence-corrected chi connectivity index (χ1v) is 9.76. The molecule has 0 spiro atoms. The van der Waals surface area contributed by atoms with Crippen LogP contribution in [0.1, 0.15) is 31.2 Å². The maximum atomic E-state index is 12.4. The second-order valence-electron chi connectivity index (χ2n) is 7.06. The number of nitrogens with zero attached hydrogens (tertiary/aromatic N) is 2. The lowest BCUT2D eigenvalue weighted by Crippen LogP contribution is -2.34. The highest BCUT2D eigenvalue weighted by molar-refractivity contribution is 5.97. The Labute approximate surface area is 167 Å². The van der Waals surface area contributed by atoms with Crippen LogP contribution in [0.15, 0.2) is 47.3 Å². The summed E-state index contributed by atoms with van der Waals surface area (Å²) in [5.74, 6) is 0.472. The molecule has 0 unspecified atom stereocenters. The molecule has 0 bridgehead atoms. The van der Waals surface area contributed by atoms with Crippen LogP contribution in [0.3, 0.4) is 0 Å². The fourth-order valence-electron chi connectivity index (χ4n) is 3.69. The van der Waals surface area contributed by atoms with Crippen molar-refractivity contribution < 1.29 is 9.59 Å². The van der Waals surface area contributed by atoms with E-state index >= 15 is 0 Å². The number of aromatic nitrogens is 2.